The quantitative estimate of drug-likeness (QED) is 0.474. The van der Waals surface area contributed by atoms with Crippen LogP contribution in [0.3, 0.4) is 0 Å². The molecule has 0 radical (unpaired) electrons. The maximum atomic E-state index is 10.5. The highest BCUT2D eigenvalue weighted by Gasteiger charge is 1.99. The lowest BCUT2D eigenvalue weighted by molar-refractivity contribution is -0.140. The van der Waals surface area contributed by atoms with Crippen LogP contribution < -0.4 is 0 Å². The van der Waals surface area contributed by atoms with Gasteiger partial charge in [0.25, 0.3) is 0 Å². The molecule has 0 aliphatic rings. The second-order valence-electron chi connectivity index (χ2n) is 3.34. The topological polar surface area (TPSA) is 104 Å². The summed E-state index contributed by atoms with van der Waals surface area (Å²) in [7, 11) is 0. The monoisotopic (exact) mass is 260 g/mol. The Morgan fingerprint density at radius 3 is 2.11 bits per heavy atom. The van der Waals surface area contributed by atoms with E-state index in [1.165, 1.54) is 13.0 Å². The maximum absolute atomic E-state index is 10.5. The molecule has 0 aromatic carbocycles. The first-order valence-corrected chi connectivity index (χ1v) is 5.31. The van der Waals surface area contributed by atoms with Crippen molar-refractivity contribution in [1.82, 2.24) is 0 Å². The summed E-state index contributed by atoms with van der Waals surface area (Å²) < 4.78 is 4.46. The number of ether oxygens (including phenoxy) is 1. The molecule has 0 bridgehead atoms. The largest absolute Gasteiger partial charge is 0.478 e. The van der Waals surface area contributed by atoms with E-state index in [2.05, 4.69) is 11.3 Å². The Bertz CT molecular complexity index is 306. The van der Waals surface area contributed by atoms with Gasteiger partial charge in [0.2, 0.25) is 0 Å². The van der Waals surface area contributed by atoms with Crippen LogP contribution in [0.1, 0.15) is 20.3 Å². The van der Waals surface area contributed by atoms with Crippen LogP contribution in [0.25, 0.3) is 0 Å². The average Bonchev–Trinajstić information content (AvgIpc) is 2.33. The number of carbonyl (C=O) groups is 2. The van der Waals surface area contributed by atoms with Gasteiger partial charge in [-0.25, -0.2) is 9.59 Å². The first-order chi connectivity index (χ1) is 8.36. The molecule has 6 heteroatoms. The van der Waals surface area contributed by atoms with Gasteiger partial charge in [0.15, 0.2) is 0 Å². The molecule has 0 aromatic heterocycles. The van der Waals surface area contributed by atoms with Crippen LogP contribution in [-0.2, 0) is 14.3 Å². The zero-order chi connectivity index (χ0) is 14.6. The standard InChI is InChI=1S/2C6H10O3/c1-5(2)6(8)9-4-3-7;1-5(6(8)9)3-2-4-7/h7H,1,3-4H2,2H3;3,7H,2,4H2,1H3,(H,8,9). The van der Waals surface area contributed by atoms with E-state index in [-0.39, 0.29) is 25.4 Å². The lowest BCUT2D eigenvalue weighted by atomic mass is 10.2. The molecule has 3 N–H and O–H groups in total. The van der Waals surface area contributed by atoms with Crippen molar-refractivity contribution >= 4 is 11.9 Å². The van der Waals surface area contributed by atoms with Crippen molar-refractivity contribution in [2.45, 2.75) is 20.3 Å². The molecule has 0 saturated heterocycles. The Morgan fingerprint density at radius 2 is 1.78 bits per heavy atom. The number of hydrogen-bond donors (Lipinski definition) is 3. The number of aliphatic hydroxyl groups excluding tert-OH is 2. The van der Waals surface area contributed by atoms with Gasteiger partial charge in [0.1, 0.15) is 6.61 Å². The van der Waals surface area contributed by atoms with Crippen LogP contribution in [0.15, 0.2) is 23.8 Å². The molecule has 0 unspecified atom stereocenters. The number of hydrogen-bond acceptors (Lipinski definition) is 5. The molecule has 0 aliphatic heterocycles. The normalized spacial score (nSPS) is 10.1. The van der Waals surface area contributed by atoms with Gasteiger partial charge in [0.05, 0.1) is 6.61 Å². The minimum atomic E-state index is -0.927. The fourth-order valence-electron chi connectivity index (χ4n) is 0.630. The van der Waals surface area contributed by atoms with E-state index in [4.69, 9.17) is 15.3 Å². The number of carbonyl (C=O) groups excluding carboxylic acids is 1. The Balaban J connectivity index is 0. The second kappa shape index (κ2) is 11.8. The van der Waals surface area contributed by atoms with Gasteiger partial charge in [-0.15, -0.1) is 0 Å². The molecule has 0 aromatic rings. The summed E-state index contributed by atoms with van der Waals surface area (Å²) in [6, 6.07) is 0. The van der Waals surface area contributed by atoms with E-state index in [9.17, 15) is 9.59 Å². The van der Waals surface area contributed by atoms with Crippen molar-refractivity contribution in [3.05, 3.63) is 23.8 Å². The van der Waals surface area contributed by atoms with Crippen LogP contribution in [0.5, 0.6) is 0 Å². The van der Waals surface area contributed by atoms with Crippen LogP contribution in [0, 0.1) is 0 Å². The number of carboxylic acid groups (broad SMARTS) is 1. The Labute approximate surface area is 106 Å². The fraction of sp³-hybridized carbons (Fsp3) is 0.500. The summed E-state index contributed by atoms with van der Waals surface area (Å²) in [6.45, 7) is 6.32. The molecule has 18 heavy (non-hydrogen) atoms. The average molecular weight is 260 g/mol. The SMILES string of the molecule is C=C(C)C(=O)OCCO.CC(=CCCO)C(=O)O. The van der Waals surface area contributed by atoms with Crippen molar-refractivity contribution < 1.29 is 29.6 Å². The maximum Gasteiger partial charge on any atom is 0.333 e. The summed E-state index contributed by atoms with van der Waals surface area (Å²) in [5.74, 6) is -1.38. The fourth-order valence-corrected chi connectivity index (χ4v) is 0.630. The minimum absolute atomic E-state index is 0.00458. The van der Waals surface area contributed by atoms with Gasteiger partial charge < -0.3 is 20.1 Å². The molecule has 0 rings (SSSR count). The summed E-state index contributed by atoms with van der Waals surface area (Å²) >= 11 is 0. The van der Waals surface area contributed by atoms with E-state index >= 15 is 0 Å². The third kappa shape index (κ3) is 12.4. The van der Waals surface area contributed by atoms with Crippen LogP contribution in [0.4, 0.5) is 0 Å². The molecule has 104 valence electrons. The van der Waals surface area contributed by atoms with Crippen molar-refractivity contribution in [2.24, 2.45) is 0 Å². The third-order valence-corrected chi connectivity index (χ3v) is 1.59. The molecule has 0 fully saturated rings. The zero-order valence-electron chi connectivity index (χ0n) is 10.7. The molecular weight excluding hydrogens is 240 g/mol. The van der Waals surface area contributed by atoms with Gasteiger partial charge in [0, 0.05) is 17.8 Å². The molecule has 6 nitrogen and oxygen atoms in total. The van der Waals surface area contributed by atoms with Gasteiger partial charge >= 0.3 is 11.9 Å². The third-order valence-electron chi connectivity index (χ3n) is 1.59. The molecule has 0 spiro atoms. The molecule has 0 amide bonds. The highest BCUT2D eigenvalue weighted by molar-refractivity contribution is 5.86. The summed E-state index contributed by atoms with van der Waals surface area (Å²) in [5, 5.41) is 24.7. The van der Waals surface area contributed by atoms with E-state index < -0.39 is 11.9 Å². The lowest BCUT2D eigenvalue weighted by Gasteiger charge is -1.99. The Hall–Kier alpha value is -1.66. The van der Waals surface area contributed by atoms with E-state index in [0.717, 1.165) is 0 Å². The highest BCUT2D eigenvalue weighted by atomic mass is 16.5. The van der Waals surface area contributed by atoms with Crippen molar-refractivity contribution in [3.8, 4) is 0 Å². The molecule has 0 saturated carbocycles. The van der Waals surface area contributed by atoms with Crippen molar-refractivity contribution in [1.29, 1.82) is 0 Å². The van der Waals surface area contributed by atoms with Crippen LogP contribution in [0.2, 0.25) is 0 Å². The van der Waals surface area contributed by atoms with E-state index in [0.29, 0.717) is 12.0 Å². The predicted molar refractivity (Wildman–Crippen MR) is 66.0 cm³/mol. The lowest BCUT2D eigenvalue weighted by Crippen LogP contribution is -2.08. The smallest absolute Gasteiger partial charge is 0.333 e. The predicted octanol–water partition coefficient (Wildman–Crippen LogP) is 0.498. The summed E-state index contributed by atoms with van der Waals surface area (Å²) in [6.07, 6.45) is 1.90. The van der Waals surface area contributed by atoms with E-state index in [1.54, 1.807) is 6.92 Å². The van der Waals surface area contributed by atoms with Crippen molar-refractivity contribution in [2.75, 3.05) is 19.8 Å². The van der Waals surface area contributed by atoms with Crippen LogP contribution in [-0.4, -0.2) is 47.1 Å². The summed E-state index contributed by atoms with van der Waals surface area (Å²) in [5.41, 5.74) is 0.632. The number of carboxylic acids is 1. The number of aliphatic carboxylic acids is 1. The molecular formula is C12H20O6. The minimum Gasteiger partial charge on any atom is -0.478 e. The molecule has 0 atom stereocenters. The Morgan fingerprint density at radius 1 is 1.22 bits per heavy atom. The second-order valence-corrected chi connectivity index (χ2v) is 3.34. The van der Waals surface area contributed by atoms with Gasteiger partial charge in [-0.2, -0.15) is 0 Å². The first-order valence-electron chi connectivity index (χ1n) is 5.31. The Kier molecular flexibility index (Phi) is 12.3. The van der Waals surface area contributed by atoms with Gasteiger partial charge in [-0.1, -0.05) is 12.7 Å². The van der Waals surface area contributed by atoms with Gasteiger partial charge in [-0.3, -0.25) is 0 Å². The zero-order valence-corrected chi connectivity index (χ0v) is 10.7. The first kappa shape index (κ1) is 18.7. The number of esters is 1. The highest BCUT2D eigenvalue weighted by Crippen LogP contribution is 1.93. The van der Waals surface area contributed by atoms with Crippen LogP contribution >= 0.6 is 0 Å². The molecule has 0 heterocycles. The number of aliphatic hydroxyl groups is 2. The molecule has 0 aliphatic carbocycles. The number of rotatable bonds is 6. The van der Waals surface area contributed by atoms with Crippen molar-refractivity contribution in [3.63, 3.8) is 0 Å². The summed E-state index contributed by atoms with van der Waals surface area (Å²) in [4.78, 5) is 20.5. The van der Waals surface area contributed by atoms with E-state index in [1.807, 2.05) is 0 Å². The van der Waals surface area contributed by atoms with Gasteiger partial charge in [-0.05, 0) is 20.3 Å².